The molecule has 1 heterocycles. The van der Waals surface area contributed by atoms with Crippen LogP contribution in [0.25, 0.3) is 11.1 Å². The summed E-state index contributed by atoms with van der Waals surface area (Å²) in [4.78, 5) is 24.8. The molecule has 3 aromatic carbocycles. The first-order chi connectivity index (χ1) is 13.5. The number of esters is 1. The van der Waals surface area contributed by atoms with E-state index in [1.165, 1.54) is 0 Å². The Bertz CT molecular complexity index is 1070. The van der Waals surface area contributed by atoms with Gasteiger partial charge in [0.15, 0.2) is 6.10 Å². The zero-order chi connectivity index (χ0) is 19.7. The summed E-state index contributed by atoms with van der Waals surface area (Å²) in [5.41, 5.74) is 1.68. The molecule has 0 saturated carbocycles. The van der Waals surface area contributed by atoms with E-state index in [1.54, 1.807) is 54.6 Å². The molecule has 4 nitrogen and oxygen atoms in total. The molecule has 140 valence electrons. The number of carbonyl (C=O) groups excluding carboxylic acids is 2. The molecule has 6 heteroatoms. The summed E-state index contributed by atoms with van der Waals surface area (Å²) in [6.07, 6.45) is -0.924. The van der Waals surface area contributed by atoms with Crippen molar-refractivity contribution in [2.24, 2.45) is 0 Å². The Labute approximate surface area is 159 Å². The van der Waals surface area contributed by atoms with Crippen molar-refractivity contribution in [2.75, 3.05) is 5.32 Å². The van der Waals surface area contributed by atoms with Gasteiger partial charge in [0.25, 0.3) is 5.91 Å². The quantitative estimate of drug-likeness (QED) is 0.689. The number of cyclic esters (lactones) is 1. The molecular formula is C22H15F2NO3. The van der Waals surface area contributed by atoms with Gasteiger partial charge in [0.05, 0.1) is 11.3 Å². The number of nitrogens with one attached hydrogen (secondary N) is 1. The van der Waals surface area contributed by atoms with Crippen molar-refractivity contribution in [1.29, 1.82) is 0 Å². The van der Waals surface area contributed by atoms with E-state index in [1.807, 2.05) is 0 Å². The zero-order valence-electron chi connectivity index (χ0n) is 14.6. The summed E-state index contributed by atoms with van der Waals surface area (Å²) in [5, 5.41) is 2.47. The fourth-order valence-corrected chi connectivity index (χ4v) is 3.23. The topological polar surface area (TPSA) is 55.4 Å². The predicted molar refractivity (Wildman–Crippen MR) is 99.8 cm³/mol. The number of hydrogen-bond donors (Lipinski definition) is 1. The van der Waals surface area contributed by atoms with E-state index in [-0.39, 0.29) is 17.7 Å². The van der Waals surface area contributed by atoms with Gasteiger partial charge in [-0.25, -0.2) is 13.6 Å². The maximum atomic E-state index is 14.5. The molecule has 28 heavy (non-hydrogen) atoms. The van der Waals surface area contributed by atoms with Crippen LogP contribution in [0.15, 0.2) is 66.7 Å². The molecule has 0 spiro atoms. The third kappa shape index (κ3) is 3.36. The molecule has 0 radical (unpaired) electrons. The molecule has 0 bridgehead atoms. The molecule has 1 atom stereocenters. The maximum Gasteiger partial charge on any atom is 0.339 e. The van der Waals surface area contributed by atoms with Crippen molar-refractivity contribution in [3.05, 3.63) is 89.5 Å². The lowest BCUT2D eigenvalue weighted by atomic mass is 9.98. The third-order valence-corrected chi connectivity index (χ3v) is 4.57. The van der Waals surface area contributed by atoms with Crippen LogP contribution in [0.3, 0.4) is 0 Å². The molecule has 1 aliphatic rings. The summed E-state index contributed by atoms with van der Waals surface area (Å²) in [7, 11) is 0. The highest BCUT2D eigenvalue weighted by atomic mass is 19.1. The molecular weight excluding hydrogens is 364 g/mol. The van der Waals surface area contributed by atoms with Gasteiger partial charge in [-0.2, -0.15) is 0 Å². The molecule has 4 rings (SSSR count). The number of anilines is 1. The summed E-state index contributed by atoms with van der Waals surface area (Å²) in [6.45, 7) is 0. The minimum Gasteiger partial charge on any atom is -0.448 e. The van der Waals surface area contributed by atoms with Gasteiger partial charge in [-0.3, -0.25) is 4.79 Å². The Kier molecular flexibility index (Phi) is 4.61. The number of halogens is 2. The normalized spacial score (nSPS) is 15.5. The van der Waals surface area contributed by atoms with Crippen LogP contribution >= 0.6 is 0 Å². The lowest BCUT2D eigenvalue weighted by Gasteiger charge is -2.24. The minimum absolute atomic E-state index is 0.160. The number of ether oxygens (including phenoxy) is 1. The summed E-state index contributed by atoms with van der Waals surface area (Å²) in [5.74, 6) is -2.95. The number of benzene rings is 3. The smallest absolute Gasteiger partial charge is 0.339 e. The predicted octanol–water partition coefficient (Wildman–Crippen LogP) is 4.35. The molecule has 0 saturated heterocycles. The van der Waals surface area contributed by atoms with Crippen molar-refractivity contribution in [2.45, 2.75) is 12.5 Å². The number of fused-ring (bicyclic) bond motifs is 1. The average Bonchev–Trinajstić information content (AvgIpc) is 2.70. The van der Waals surface area contributed by atoms with Crippen molar-refractivity contribution in [1.82, 2.24) is 0 Å². The van der Waals surface area contributed by atoms with Gasteiger partial charge < -0.3 is 10.1 Å². The Hall–Kier alpha value is -3.54. The molecule has 0 aromatic heterocycles. The molecule has 0 aliphatic carbocycles. The lowest BCUT2D eigenvalue weighted by molar-refractivity contribution is -0.125. The third-order valence-electron chi connectivity index (χ3n) is 4.57. The summed E-state index contributed by atoms with van der Waals surface area (Å²) >= 11 is 0. The Morgan fingerprint density at radius 2 is 1.68 bits per heavy atom. The first kappa shape index (κ1) is 17.9. The van der Waals surface area contributed by atoms with Crippen LogP contribution in [0, 0.1) is 11.6 Å². The minimum atomic E-state index is -1.10. The van der Waals surface area contributed by atoms with Crippen molar-refractivity contribution < 1.29 is 23.1 Å². The van der Waals surface area contributed by atoms with E-state index < -0.39 is 29.6 Å². The Morgan fingerprint density at radius 3 is 2.46 bits per heavy atom. The SMILES string of the molecule is O=C1O[C@@H](C(=O)Nc2c(F)cc(F)cc2-c2ccccc2)Cc2ccccc21. The molecule has 0 unspecified atom stereocenters. The monoisotopic (exact) mass is 379 g/mol. The van der Waals surface area contributed by atoms with Gasteiger partial charge in [-0.15, -0.1) is 0 Å². The van der Waals surface area contributed by atoms with E-state index in [4.69, 9.17) is 4.74 Å². The maximum absolute atomic E-state index is 14.5. The van der Waals surface area contributed by atoms with Crippen molar-refractivity contribution in [3.63, 3.8) is 0 Å². The number of rotatable bonds is 3. The van der Waals surface area contributed by atoms with E-state index in [9.17, 15) is 18.4 Å². The van der Waals surface area contributed by atoms with Crippen molar-refractivity contribution in [3.8, 4) is 11.1 Å². The van der Waals surface area contributed by atoms with Crippen LogP contribution in [0.5, 0.6) is 0 Å². The van der Waals surface area contributed by atoms with E-state index >= 15 is 0 Å². The van der Waals surface area contributed by atoms with Crippen LogP contribution in [0.1, 0.15) is 15.9 Å². The fraction of sp³-hybridized carbons (Fsp3) is 0.0909. The van der Waals surface area contributed by atoms with Crippen LogP contribution in [-0.2, 0) is 16.0 Å². The largest absolute Gasteiger partial charge is 0.448 e. The highest BCUT2D eigenvalue weighted by molar-refractivity contribution is 6.02. The summed E-state index contributed by atoms with van der Waals surface area (Å²) < 4.78 is 33.5. The first-order valence-corrected chi connectivity index (χ1v) is 8.67. The van der Waals surface area contributed by atoms with E-state index in [0.717, 1.165) is 6.07 Å². The van der Waals surface area contributed by atoms with E-state index in [0.29, 0.717) is 22.8 Å². The highest BCUT2D eigenvalue weighted by Gasteiger charge is 2.32. The van der Waals surface area contributed by atoms with Gasteiger partial charge in [-0.1, -0.05) is 48.5 Å². The molecule has 1 aliphatic heterocycles. The zero-order valence-corrected chi connectivity index (χ0v) is 14.6. The highest BCUT2D eigenvalue weighted by Crippen LogP contribution is 2.32. The lowest BCUT2D eigenvalue weighted by Crippen LogP contribution is -2.38. The second-order valence-electron chi connectivity index (χ2n) is 6.42. The average molecular weight is 379 g/mol. The molecule has 3 aromatic rings. The standard InChI is InChI=1S/C22H15F2NO3/c23-15-11-17(13-6-2-1-3-7-13)20(18(24)12-15)25-21(26)19-10-14-8-4-5-9-16(14)22(27)28-19/h1-9,11-12,19H,10H2,(H,25,26)/t19-/m1/s1. The first-order valence-electron chi connectivity index (χ1n) is 8.67. The molecule has 1 N–H and O–H groups in total. The van der Waals surface area contributed by atoms with Gasteiger partial charge in [0.2, 0.25) is 0 Å². The number of hydrogen-bond acceptors (Lipinski definition) is 3. The number of carbonyl (C=O) groups is 2. The number of amides is 1. The second-order valence-corrected chi connectivity index (χ2v) is 6.42. The van der Waals surface area contributed by atoms with Crippen molar-refractivity contribution >= 4 is 17.6 Å². The van der Waals surface area contributed by atoms with Crippen LogP contribution in [0.4, 0.5) is 14.5 Å². The second kappa shape index (κ2) is 7.23. The molecule has 1 amide bonds. The van der Waals surface area contributed by atoms with Gasteiger partial charge in [0, 0.05) is 18.1 Å². The summed E-state index contributed by atoms with van der Waals surface area (Å²) in [6, 6.07) is 17.3. The van der Waals surface area contributed by atoms with Gasteiger partial charge in [0.1, 0.15) is 11.6 Å². The van der Waals surface area contributed by atoms with Gasteiger partial charge >= 0.3 is 5.97 Å². The Balaban J connectivity index is 1.65. The fourth-order valence-electron chi connectivity index (χ4n) is 3.23. The van der Waals surface area contributed by atoms with Crippen LogP contribution in [-0.4, -0.2) is 18.0 Å². The molecule has 0 fully saturated rings. The Morgan fingerprint density at radius 1 is 0.964 bits per heavy atom. The van der Waals surface area contributed by atoms with Crippen LogP contribution in [0.2, 0.25) is 0 Å². The van der Waals surface area contributed by atoms with Gasteiger partial charge in [-0.05, 0) is 23.3 Å². The van der Waals surface area contributed by atoms with Crippen LogP contribution < -0.4 is 5.32 Å². The van der Waals surface area contributed by atoms with E-state index in [2.05, 4.69) is 5.32 Å².